The van der Waals surface area contributed by atoms with E-state index < -0.39 is 0 Å². The van der Waals surface area contributed by atoms with E-state index >= 15 is 0 Å². The minimum absolute atomic E-state index is 0.209. The molecule has 0 spiro atoms. The number of benzene rings is 1. The van der Waals surface area contributed by atoms with E-state index in [2.05, 4.69) is 20.7 Å². The van der Waals surface area contributed by atoms with Gasteiger partial charge in [-0.05, 0) is 30.7 Å². The third-order valence-electron chi connectivity index (χ3n) is 2.62. The highest BCUT2D eigenvalue weighted by atomic mass is 16.5. The van der Waals surface area contributed by atoms with E-state index in [1.54, 1.807) is 24.3 Å². The van der Waals surface area contributed by atoms with Crippen LogP contribution >= 0.6 is 0 Å². The second-order valence-corrected chi connectivity index (χ2v) is 4.26. The fourth-order valence-corrected chi connectivity index (χ4v) is 1.57. The van der Waals surface area contributed by atoms with Gasteiger partial charge >= 0.3 is 0 Å². The Balaban J connectivity index is 1.98. The maximum Gasteiger partial charge on any atom is 0.275 e. The molecule has 7 heteroatoms. The number of carbonyl (C=O) groups is 1. The maximum absolute atomic E-state index is 12.0. The summed E-state index contributed by atoms with van der Waals surface area (Å²) in [6, 6.07) is 7.15. The van der Waals surface area contributed by atoms with Crippen molar-refractivity contribution in [3.8, 4) is 5.75 Å². The summed E-state index contributed by atoms with van der Waals surface area (Å²) in [6.07, 6.45) is 3.69. The number of nitrogens with zero attached hydrogens (tertiary/aromatic N) is 2. The molecule has 1 aromatic heterocycles. The van der Waals surface area contributed by atoms with Gasteiger partial charge in [-0.25, -0.2) is 15.8 Å². The van der Waals surface area contributed by atoms with Crippen molar-refractivity contribution in [2.24, 2.45) is 5.84 Å². The number of hydrazine groups is 1. The van der Waals surface area contributed by atoms with E-state index in [0.717, 1.165) is 12.2 Å². The third kappa shape index (κ3) is 4.15. The van der Waals surface area contributed by atoms with Crippen LogP contribution in [-0.2, 0) is 0 Å². The Labute approximate surface area is 122 Å². The zero-order valence-electron chi connectivity index (χ0n) is 11.7. The number of nitrogens with one attached hydrogen (secondary N) is 2. The first-order valence-corrected chi connectivity index (χ1v) is 6.56. The summed E-state index contributed by atoms with van der Waals surface area (Å²) in [7, 11) is 0. The molecule has 0 aliphatic carbocycles. The van der Waals surface area contributed by atoms with Gasteiger partial charge in [0.1, 0.15) is 11.4 Å². The number of hydrogen-bond donors (Lipinski definition) is 3. The molecule has 0 atom stereocenters. The molecular weight excluding hydrogens is 270 g/mol. The molecule has 1 amide bonds. The lowest BCUT2D eigenvalue weighted by Crippen LogP contribution is -2.15. The van der Waals surface area contributed by atoms with Crippen LogP contribution in [0.5, 0.6) is 5.75 Å². The van der Waals surface area contributed by atoms with Gasteiger partial charge in [0.15, 0.2) is 5.82 Å². The van der Waals surface area contributed by atoms with Crippen molar-refractivity contribution < 1.29 is 9.53 Å². The first-order chi connectivity index (χ1) is 10.2. The van der Waals surface area contributed by atoms with Crippen molar-refractivity contribution >= 4 is 17.4 Å². The average molecular weight is 287 g/mol. The van der Waals surface area contributed by atoms with Crippen LogP contribution in [0.1, 0.15) is 23.8 Å². The highest BCUT2D eigenvalue weighted by molar-refractivity contribution is 6.02. The number of anilines is 2. The van der Waals surface area contributed by atoms with Crippen LogP contribution < -0.4 is 21.3 Å². The number of aromatic nitrogens is 2. The predicted octanol–water partition coefficient (Wildman–Crippen LogP) is 1.80. The Kier molecular flexibility index (Phi) is 5.05. The SMILES string of the molecule is CCCOc1ccc(NC(=O)c2cnc(NN)cn2)cc1. The molecule has 0 saturated carbocycles. The van der Waals surface area contributed by atoms with Gasteiger partial charge in [-0.3, -0.25) is 4.79 Å². The fourth-order valence-electron chi connectivity index (χ4n) is 1.57. The molecule has 21 heavy (non-hydrogen) atoms. The lowest BCUT2D eigenvalue weighted by atomic mass is 10.3. The van der Waals surface area contributed by atoms with E-state index in [4.69, 9.17) is 10.6 Å². The maximum atomic E-state index is 12.0. The van der Waals surface area contributed by atoms with Gasteiger partial charge in [0, 0.05) is 5.69 Å². The summed E-state index contributed by atoms with van der Waals surface area (Å²) in [6.45, 7) is 2.71. The van der Waals surface area contributed by atoms with Crippen LogP contribution in [0.25, 0.3) is 0 Å². The lowest BCUT2D eigenvalue weighted by Gasteiger charge is -2.07. The van der Waals surface area contributed by atoms with Crippen LogP contribution in [0, 0.1) is 0 Å². The van der Waals surface area contributed by atoms with Crippen LogP contribution in [-0.4, -0.2) is 22.5 Å². The molecule has 0 aliphatic heterocycles. The number of hydrogen-bond acceptors (Lipinski definition) is 6. The molecule has 0 saturated heterocycles. The highest BCUT2D eigenvalue weighted by Gasteiger charge is 2.08. The monoisotopic (exact) mass is 287 g/mol. The Morgan fingerprint density at radius 2 is 2.00 bits per heavy atom. The van der Waals surface area contributed by atoms with Crippen molar-refractivity contribution in [3.63, 3.8) is 0 Å². The van der Waals surface area contributed by atoms with Crippen molar-refractivity contribution in [1.29, 1.82) is 0 Å². The van der Waals surface area contributed by atoms with E-state index in [-0.39, 0.29) is 11.6 Å². The molecular formula is C14H17N5O2. The lowest BCUT2D eigenvalue weighted by molar-refractivity contribution is 0.102. The molecule has 4 N–H and O–H groups in total. The van der Waals surface area contributed by atoms with Crippen molar-refractivity contribution in [2.75, 3.05) is 17.3 Å². The molecule has 2 rings (SSSR count). The van der Waals surface area contributed by atoms with Gasteiger partial charge in [-0.2, -0.15) is 0 Å². The summed E-state index contributed by atoms with van der Waals surface area (Å²) in [5, 5.41) is 2.73. The van der Waals surface area contributed by atoms with Crippen molar-refractivity contribution in [1.82, 2.24) is 9.97 Å². The van der Waals surface area contributed by atoms with Gasteiger partial charge in [-0.1, -0.05) is 6.92 Å². The van der Waals surface area contributed by atoms with Gasteiger partial charge in [0.25, 0.3) is 5.91 Å². The minimum atomic E-state index is -0.340. The Bertz CT molecular complexity index is 583. The topological polar surface area (TPSA) is 102 Å². The first-order valence-electron chi connectivity index (χ1n) is 6.56. The van der Waals surface area contributed by atoms with E-state index in [0.29, 0.717) is 18.1 Å². The number of rotatable bonds is 6. The second-order valence-electron chi connectivity index (χ2n) is 4.26. The second kappa shape index (κ2) is 7.20. The number of carbonyl (C=O) groups excluding carboxylic acids is 1. The van der Waals surface area contributed by atoms with Crippen molar-refractivity contribution in [3.05, 3.63) is 42.4 Å². The smallest absolute Gasteiger partial charge is 0.275 e. The summed E-state index contributed by atoms with van der Waals surface area (Å²) in [5.41, 5.74) is 3.21. The van der Waals surface area contributed by atoms with E-state index in [9.17, 15) is 4.79 Å². The van der Waals surface area contributed by atoms with E-state index in [1.165, 1.54) is 12.4 Å². The normalized spacial score (nSPS) is 10.0. The van der Waals surface area contributed by atoms with Gasteiger partial charge in [0.05, 0.1) is 19.0 Å². The molecule has 0 bridgehead atoms. The van der Waals surface area contributed by atoms with Crippen LogP contribution in [0.3, 0.4) is 0 Å². The predicted molar refractivity (Wildman–Crippen MR) is 80.0 cm³/mol. The molecule has 7 nitrogen and oxygen atoms in total. The summed E-state index contributed by atoms with van der Waals surface area (Å²) in [5.74, 6) is 6.01. The summed E-state index contributed by atoms with van der Waals surface area (Å²) >= 11 is 0. The molecule has 0 unspecified atom stereocenters. The molecule has 2 aromatic rings. The number of nitrogens with two attached hydrogens (primary N) is 1. The summed E-state index contributed by atoms with van der Waals surface area (Å²) < 4.78 is 5.47. The number of nitrogen functional groups attached to an aromatic ring is 1. The third-order valence-corrected chi connectivity index (χ3v) is 2.62. The summed E-state index contributed by atoms with van der Waals surface area (Å²) in [4.78, 5) is 19.9. The van der Waals surface area contributed by atoms with Crippen LogP contribution in [0.15, 0.2) is 36.7 Å². The van der Waals surface area contributed by atoms with Crippen LogP contribution in [0.4, 0.5) is 11.5 Å². The standard InChI is InChI=1S/C14H17N5O2/c1-2-7-21-11-5-3-10(4-6-11)18-14(20)12-8-17-13(19-15)9-16-12/h3-6,8-9H,2,7,15H2,1H3,(H,17,19)(H,18,20). The Morgan fingerprint density at radius 1 is 1.24 bits per heavy atom. The van der Waals surface area contributed by atoms with Crippen LogP contribution in [0.2, 0.25) is 0 Å². The highest BCUT2D eigenvalue weighted by Crippen LogP contribution is 2.16. The van der Waals surface area contributed by atoms with Gasteiger partial charge in [-0.15, -0.1) is 0 Å². The molecule has 0 aliphatic rings. The number of ether oxygens (including phenoxy) is 1. The molecule has 0 fully saturated rings. The quantitative estimate of drug-likeness (QED) is 0.553. The number of amides is 1. The minimum Gasteiger partial charge on any atom is -0.494 e. The molecule has 110 valence electrons. The van der Waals surface area contributed by atoms with Gasteiger partial charge < -0.3 is 15.5 Å². The molecule has 1 heterocycles. The zero-order valence-corrected chi connectivity index (χ0v) is 11.7. The molecule has 0 radical (unpaired) electrons. The van der Waals surface area contributed by atoms with E-state index in [1.807, 2.05) is 6.92 Å². The largest absolute Gasteiger partial charge is 0.494 e. The zero-order chi connectivity index (χ0) is 15.1. The van der Waals surface area contributed by atoms with Gasteiger partial charge in [0.2, 0.25) is 0 Å². The Hall–Kier alpha value is -2.67. The Morgan fingerprint density at radius 3 is 2.57 bits per heavy atom. The fraction of sp³-hybridized carbons (Fsp3) is 0.214. The molecule has 1 aromatic carbocycles. The van der Waals surface area contributed by atoms with Crippen molar-refractivity contribution in [2.45, 2.75) is 13.3 Å². The first kappa shape index (κ1) is 14.7. The average Bonchev–Trinajstić information content (AvgIpc) is 2.54.